The molecule has 0 saturated heterocycles. The fraction of sp³-hybridized carbons (Fsp3) is 0.200. The van der Waals surface area contributed by atoms with E-state index in [0.717, 1.165) is 11.6 Å². The minimum atomic E-state index is -3.79. The molecule has 2 aromatic rings. The normalized spacial score (nSPS) is 11.6. The molecule has 22 heavy (non-hydrogen) atoms. The summed E-state index contributed by atoms with van der Waals surface area (Å²) in [6.45, 7) is 1.82. The van der Waals surface area contributed by atoms with E-state index in [9.17, 15) is 18.5 Å². The fourth-order valence-electron chi connectivity index (χ4n) is 2.07. The number of nitro groups is 1. The summed E-state index contributed by atoms with van der Waals surface area (Å²) in [4.78, 5) is 10.2. The van der Waals surface area contributed by atoms with E-state index in [1.165, 1.54) is 23.5 Å². The lowest BCUT2D eigenvalue weighted by Gasteiger charge is -2.18. The van der Waals surface area contributed by atoms with Gasteiger partial charge in [-0.2, -0.15) is 4.31 Å². The Morgan fingerprint density at radius 1 is 1.14 bits per heavy atom. The molecule has 0 aromatic heterocycles. The van der Waals surface area contributed by atoms with E-state index in [2.05, 4.69) is 0 Å². The van der Waals surface area contributed by atoms with Crippen LogP contribution in [0, 0.1) is 17.0 Å². The molecule has 0 amide bonds. The van der Waals surface area contributed by atoms with E-state index < -0.39 is 14.9 Å². The van der Waals surface area contributed by atoms with Gasteiger partial charge in [-0.1, -0.05) is 36.4 Å². The van der Waals surface area contributed by atoms with E-state index in [0.29, 0.717) is 5.56 Å². The minimum Gasteiger partial charge on any atom is -0.258 e. The highest BCUT2D eigenvalue weighted by Gasteiger charge is 2.25. The zero-order chi connectivity index (χ0) is 16.3. The maximum Gasteiger partial charge on any atom is 0.270 e. The lowest BCUT2D eigenvalue weighted by Crippen LogP contribution is -2.27. The molecule has 0 bridgehead atoms. The van der Waals surface area contributed by atoms with Gasteiger partial charge in [0.15, 0.2) is 0 Å². The van der Waals surface area contributed by atoms with Crippen molar-refractivity contribution in [1.29, 1.82) is 0 Å². The van der Waals surface area contributed by atoms with Gasteiger partial charge in [0, 0.05) is 25.7 Å². The highest BCUT2D eigenvalue weighted by atomic mass is 32.2. The molecule has 116 valence electrons. The molecule has 6 nitrogen and oxygen atoms in total. The first-order valence-corrected chi connectivity index (χ1v) is 8.01. The molecule has 0 radical (unpaired) electrons. The maximum atomic E-state index is 12.6. The van der Waals surface area contributed by atoms with Gasteiger partial charge in [0.05, 0.1) is 9.82 Å². The molecule has 0 saturated carbocycles. The molecule has 0 fully saturated rings. The van der Waals surface area contributed by atoms with Crippen LogP contribution in [-0.4, -0.2) is 24.7 Å². The van der Waals surface area contributed by atoms with Crippen LogP contribution in [0.4, 0.5) is 5.69 Å². The lowest BCUT2D eigenvalue weighted by atomic mass is 10.2. The van der Waals surface area contributed by atoms with Crippen LogP contribution in [0.5, 0.6) is 0 Å². The number of benzene rings is 2. The van der Waals surface area contributed by atoms with E-state index in [-0.39, 0.29) is 17.1 Å². The molecular formula is C15H16N2O4S. The third kappa shape index (κ3) is 3.32. The highest BCUT2D eigenvalue weighted by molar-refractivity contribution is 7.89. The predicted molar refractivity (Wildman–Crippen MR) is 82.9 cm³/mol. The molecule has 0 aliphatic rings. The van der Waals surface area contributed by atoms with Crippen LogP contribution in [0.25, 0.3) is 0 Å². The first-order valence-electron chi connectivity index (χ1n) is 6.57. The molecule has 2 rings (SSSR count). The fourth-order valence-corrected chi connectivity index (χ4v) is 3.47. The molecule has 0 atom stereocenters. The summed E-state index contributed by atoms with van der Waals surface area (Å²) >= 11 is 0. The van der Waals surface area contributed by atoms with Crippen molar-refractivity contribution in [2.75, 3.05) is 7.05 Å². The summed E-state index contributed by atoms with van der Waals surface area (Å²) in [5.41, 5.74) is 1.08. The second-order valence-electron chi connectivity index (χ2n) is 4.95. The summed E-state index contributed by atoms with van der Waals surface area (Å²) in [6.07, 6.45) is 0. The van der Waals surface area contributed by atoms with E-state index >= 15 is 0 Å². The molecule has 0 aliphatic carbocycles. The topological polar surface area (TPSA) is 80.5 Å². The Kier molecular flexibility index (Phi) is 4.58. The molecule has 0 aliphatic heterocycles. The summed E-state index contributed by atoms with van der Waals surface area (Å²) in [5.74, 6) is 0. The maximum absolute atomic E-state index is 12.6. The third-order valence-electron chi connectivity index (χ3n) is 3.32. The van der Waals surface area contributed by atoms with Crippen LogP contribution in [-0.2, 0) is 16.6 Å². The van der Waals surface area contributed by atoms with Gasteiger partial charge in [-0.15, -0.1) is 0 Å². The number of non-ortho nitro benzene ring substituents is 1. The molecule has 2 aromatic carbocycles. The van der Waals surface area contributed by atoms with Crippen LogP contribution < -0.4 is 0 Å². The Morgan fingerprint density at radius 3 is 2.36 bits per heavy atom. The number of hydrogen-bond donors (Lipinski definition) is 0. The second-order valence-corrected chi connectivity index (χ2v) is 6.97. The Hall–Kier alpha value is -2.25. The Balaban J connectivity index is 2.37. The van der Waals surface area contributed by atoms with Crippen molar-refractivity contribution in [3.8, 4) is 0 Å². The lowest BCUT2D eigenvalue weighted by molar-refractivity contribution is -0.385. The van der Waals surface area contributed by atoms with Crippen molar-refractivity contribution in [2.24, 2.45) is 0 Å². The largest absolute Gasteiger partial charge is 0.270 e. The van der Waals surface area contributed by atoms with Gasteiger partial charge < -0.3 is 0 Å². The molecular weight excluding hydrogens is 304 g/mol. The Labute approximate surface area is 129 Å². The predicted octanol–water partition coefficient (Wildman–Crippen LogP) is 2.72. The number of nitro benzene ring substituents is 1. The van der Waals surface area contributed by atoms with Gasteiger partial charge in [0.25, 0.3) is 5.69 Å². The zero-order valence-corrected chi connectivity index (χ0v) is 13.1. The average molecular weight is 320 g/mol. The van der Waals surface area contributed by atoms with Crippen LogP contribution in [0.3, 0.4) is 0 Å². The number of aryl methyl sites for hydroxylation is 1. The van der Waals surface area contributed by atoms with Crippen LogP contribution in [0.15, 0.2) is 53.4 Å². The third-order valence-corrected chi connectivity index (χ3v) is 5.26. The molecule has 0 unspecified atom stereocenters. The summed E-state index contributed by atoms with van der Waals surface area (Å²) in [5, 5.41) is 10.8. The average Bonchev–Trinajstić information content (AvgIpc) is 2.48. The van der Waals surface area contributed by atoms with Crippen LogP contribution in [0.1, 0.15) is 11.1 Å². The monoisotopic (exact) mass is 320 g/mol. The van der Waals surface area contributed by atoms with Crippen molar-refractivity contribution in [1.82, 2.24) is 4.31 Å². The molecule has 0 N–H and O–H groups in total. The van der Waals surface area contributed by atoms with E-state index in [1.54, 1.807) is 6.92 Å². The quantitative estimate of drug-likeness (QED) is 0.626. The summed E-state index contributed by atoms with van der Waals surface area (Å²) in [6, 6.07) is 13.0. The van der Waals surface area contributed by atoms with Crippen molar-refractivity contribution in [3.05, 3.63) is 69.8 Å². The van der Waals surface area contributed by atoms with Gasteiger partial charge in [-0.05, 0) is 18.1 Å². The summed E-state index contributed by atoms with van der Waals surface area (Å²) < 4.78 is 26.5. The number of sulfonamides is 1. The van der Waals surface area contributed by atoms with Crippen molar-refractivity contribution in [3.63, 3.8) is 0 Å². The van der Waals surface area contributed by atoms with Crippen molar-refractivity contribution >= 4 is 15.7 Å². The van der Waals surface area contributed by atoms with Gasteiger partial charge >= 0.3 is 0 Å². The minimum absolute atomic E-state index is 0.0415. The smallest absolute Gasteiger partial charge is 0.258 e. The van der Waals surface area contributed by atoms with Gasteiger partial charge in [0.2, 0.25) is 10.0 Å². The van der Waals surface area contributed by atoms with Gasteiger partial charge in [0.1, 0.15) is 0 Å². The number of rotatable bonds is 5. The van der Waals surface area contributed by atoms with Crippen molar-refractivity contribution < 1.29 is 13.3 Å². The Morgan fingerprint density at radius 2 is 1.77 bits per heavy atom. The van der Waals surface area contributed by atoms with Gasteiger partial charge in [-0.25, -0.2) is 8.42 Å². The van der Waals surface area contributed by atoms with Crippen LogP contribution >= 0.6 is 0 Å². The number of hydrogen-bond acceptors (Lipinski definition) is 4. The van der Waals surface area contributed by atoms with Gasteiger partial charge in [-0.3, -0.25) is 10.1 Å². The first kappa shape index (κ1) is 16.1. The zero-order valence-electron chi connectivity index (χ0n) is 12.3. The van der Waals surface area contributed by atoms with Crippen molar-refractivity contribution in [2.45, 2.75) is 18.4 Å². The van der Waals surface area contributed by atoms with Crippen LogP contribution in [0.2, 0.25) is 0 Å². The van der Waals surface area contributed by atoms with E-state index in [4.69, 9.17) is 0 Å². The molecule has 7 heteroatoms. The SMILES string of the molecule is Cc1ccc([N+](=O)[O-])cc1S(=O)(=O)N(C)Cc1ccccc1. The second kappa shape index (κ2) is 6.25. The number of nitrogens with zero attached hydrogens (tertiary/aromatic N) is 2. The highest BCUT2D eigenvalue weighted by Crippen LogP contribution is 2.25. The summed E-state index contributed by atoms with van der Waals surface area (Å²) in [7, 11) is -2.34. The Bertz CT molecular complexity index is 788. The first-order chi connectivity index (χ1) is 10.3. The molecule has 0 heterocycles. The van der Waals surface area contributed by atoms with E-state index in [1.807, 2.05) is 30.3 Å². The molecule has 0 spiro atoms. The standard InChI is InChI=1S/C15H16N2O4S/c1-12-8-9-14(17(18)19)10-15(12)22(20,21)16(2)11-13-6-4-3-5-7-13/h3-10H,11H2,1-2H3.